The molecule has 0 radical (unpaired) electrons. The average molecular weight is 299 g/mol. The second-order valence-electron chi connectivity index (χ2n) is 4.58. The van der Waals surface area contributed by atoms with Gasteiger partial charge in [0, 0.05) is 10.9 Å². The number of thiazole rings is 1. The van der Waals surface area contributed by atoms with Crippen LogP contribution in [0.15, 0.2) is 29.6 Å². The smallest absolute Gasteiger partial charge is 0.277 e. The topological polar surface area (TPSA) is 83.6 Å². The number of aromatic nitrogens is 4. The molecule has 0 aliphatic carbocycles. The summed E-state index contributed by atoms with van der Waals surface area (Å²) in [5.74, 6) is 0.537. The minimum absolute atomic E-state index is 0.237. The van der Waals surface area contributed by atoms with Gasteiger partial charge in [-0.05, 0) is 13.8 Å². The number of benzene rings is 1. The highest BCUT2D eigenvalue weighted by Crippen LogP contribution is 2.17. The molecular formula is C14H13N5OS. The molecule has 3 rings (SSSR count). The highest BCUT2D eigenvalue weighted by Gasteiger charge is 2.13. The molecule has 0 atom stereocenters. The number of nitrogens with one attached hydrogen (secondary N) is 2. The minimum atomic E-state index is -0.311. The van der Waals surface area contributed by atoms with Gasteiger partial charge in [0.15, 0.2) is 5.82 Å². The summed E-state index contributed by atoms with van der Waals surface area (Å²) in [6.07, 6.45) is 0. The lowest BCUT2D eigenvalue weighted by atomic mass is 10.1. The molecule has 0 aliphatic heterocycles. The van der Waals surface area contributed by atoms with E-state index in [9.17, 15) is 4.79 Å². The van der Waals surface area contributed by atoms with Crippen molar-refractivity contribution in [3.05, 3.63) is 45.9 Å². The van der Waals surface area contributed by atoms with Crippen LogP contribution >= 0.6 is 11.3 Å². The number of rotatable bonds is 3. The lowest BCUT2D eigenvalue weighted by Crippen LogP contribution is -2.13. The lowest BCUT2D eigenvalue weighted by molar-refractivity contribution is 0.102. The predicted molar refractivity (Wildman–Crippen MR) is 81.4 cm³/mol. The van der Waals surface area contributed by atoms with Gasteiger partial charge < -0.3 is 0 Å². The Bertz CT molecular complexity index is 775. The maximum absolute atomic E-state index is 12.0. The number of aryl methyl sites for hydroxylation is 2. The highest BCUT2D eigenvalue weighted by molar-refractivity contribution is 7.09. The fourth-order valence-electron chi connectivity index (χ4n) is 1.79. The Balaban J connectivity index is 1.76. The van der Waals surface area contributed by atoms with Crippen LogP contribution in [0.2, 0.25) is 0 Å². The van der Waals surface area contributed by atoms with Crippen LogP contribution < -0.4 is 5.32 Å². The van der Waals surface area contributed by atoms with Crippen LogP contribution in [-0.2, 0) is 0 Å². The van der Waals surface area contributed by atoms with Crippen molar-refractivity contribution in [3.63, 3.8) is 0 Å². The van der Waals surface area contributed by atoms with Gasteiger partial charge in [-0.2, -0.15) is 4.98 Å². The van der Waals surface area contributed by atoms with E-state index in [1.165, 1.54) is 16.9 Å². The second kappa shape index (κ2) is 5.45. The second-order valence-corrected chi connectivity index (χ2v) is 5.64. The number of H-pyrrole nitrogens is 1. The largest absolute Gasteiger partial charge is 0.288 e. The molecule has 2 heterocycles. The summed E-state index contributed by atoms with van der Waals surface area (Å²) in [6.45, 7) is 3.87. The molecule has 0 spiro atoms. The first-order chi connectivity index (χ1) is 10.1. The number of hydrogen-bond acceptors (Lipinski definition) is 5. The molecule has 0 saturated carbocycles. The summed E-state index contributed by atoms with van der Waals surface area (Å²) >= 11 is 1.43. The molecule has 7 heteroatoms. The SMILES string of the molecule is Cc1ccc(-c2nc(NC(=O)c3csc(C)n3)n[nH]2)cc1. The standard InChI is InChI=1S/C14H13N5OS/c1-8-3-5-10(6-4-8)12-16-14(19-18-12)17-13(20)11-7-21-9(2)15-11/h3-7H,1-2H3,(H2,16,17,18,19,20). The third-order valence-electron chi connectivity index (χ3n) is 2.89. The van der Waals surface area contributed by atoms with Gasteiger partial charge in [-0.3, -0.25) is 15.2 Å². The summed E-state index contributed by atoms with van der Waals surface area (Å²) in [4.78, 5) is 20.3. The number of anilines is 1. The number of amides is 1. The molecule has 21 heavy (non-hydrogen) atoms. The molecule has 106 valence electrons. The fourth-order valence-corrected chi connectivity index (χ4v) is 2.38. The molecule has 1 aromatic carbocycles. The molecule has 0 aliphatic rings. The molecular weight excluding hydrogens is 286 g/mol. The molecule has 1 amide bonds. The summed E-state index contributed by atoms with van der Waals surface area (Å²) in [5.41, 5.74) is 2.46. The van der Waals surface area contributed by atoms with Crippen molar-refractivity contribution in [2.45, 2.75) is 13.8 Å². The third-order valence-corrected chi connectivity index (χ3v) is 3.66. The number of aromatic amines is 1. The average Bonchev–Trinajstić information content (AvgIpc) is 3.09. The van der Waals surface area contributed by atoms with Gasteiger partial charge in [-0.1, -0.05) is 29.8 Å². The zero-order valence-electron chi connectivity index (χ0n) is 11.5. The van der Waals surface area contributed by atoms with Crippen molar-refractivity contribution in [3.8, 4) is 11.4 Å². The molecule has 2 N–H and O–H groups in total. The van der Waals surface area contributed by atoms with E-state index < -0.39 is 0 Å². The van der Waals surface area contributed by atoms with Crippen molar-refractivity contribution < 1.29 is 4.79 Å². The Morgan fingerprint density at radius 1 is 1.19 bits per heavy atom. The first kappa shape index (κ1) is 13.4. The van der Waals surface area contributed by atoms with Crippen LogP contribution in [0.25, 0.3) is 11.4 Å². The van der Waals surface area contributed by atoms with Crippen molar-refractivity contribution >= 4 is 23.2 Å². The summed E-state index contributed by atoms with van der Waals surface area (Å²) in [5, 5.41) is 12.0. The summed E-state index contributed by atoms with van der Waals surface area (Å²) < 4.78 is 0. The van der Waals surface area contributed by atoms with Crippen molar-refractivity contribution in [1.82, 2.24) is 20.2 Å². The molecule has 0 bridgehead atoms. The number of carbonyl (C=O) groups is 1. The molecule has 0 unspecified atom stereocenters. The predicted octanol–water partition coefficient (Wildman–Crippen LogP) is 2.80. The monoisotopic (exact) mass is 299 g/mol. The molecule has 0 fully saturated rings. The van der Waals surface area contributed by atoms with Gasteiger partial charge in [0.2, 0.25) is 5.95 Å². The zero-order chi connectivity index (χ0) is 14.8. The Labute approximate surface area is 125 Å². The van der Waals surface area contributed by atoms with Crippen LogP contribution in [0.1, 0.15) is 21.1 Å². The van der Waals surface area contributed by atoms with E-state index >= 15 is 0 Å². The molecule has 2 aromatic heterocycles. The third kappa shape index (κ3) is 2.97. The Morgan fingerprint density at radius 3 is 2.62 bits per heavy atom. The quantitative estimate of drug-likeness (QED) is 0.779. The van der Waals surface area contributed by atoms with Crippen LogP contribution in [0, 0.1) is 13.8 Å². The Morgan fingerprint density at radius 2 is 1.95 bits per heavy atom. The first-order valence-electron chi connectivity index (χ1n) is 6.35. The van der Waals surface area contributed by atoms with Crippen molar-refractivity contribution in [2.24, 2.45) is 0 Å². The summed E-state index contributed by atoms with van der Waals surface area (Å²) in [7, 11) is 0. The minimum Gasteiger partial charge on any atom is -0.288 e. The fraction of sp³-hybridized carbons (Fsp3) is 0.143. The lowest BCUT2D eigenvalue weighted by Gasteiger charge is -1.97. The summed E-state index contributed by atoms with van der Waals surface area (Å²) in [6, 6.07) is 7.89. The van der Waals surface area contributed by atoms with Crippen molar-refractivity contribution in [2.75, 3.05) is 5.32 Å². The van der Waals surface area contributed by atoms with Crippen LogP contribution in [0.3, 0.4) is 0 Å². The highest BCUT2D eigenvalue weighted by atomic mass is 32.1. The van der Waals surface area contributed by atoms with E-state index in [1.807, 2.05) is 38.1 Å². The van der Waals surface area contributed by atoms with E-state index in [1.54, 1.807) is 5.38 Å². The van der Waals surface area contributed by atoms with Crippen molar-refractivity contribution in [1.29, 1.82) is 0 Å². The van der Waals surface area contributed by atoms with E-state index in [0.717, 1.165) is 10.6 Å². The number of carbonyl (C=O) groups excluding carboxylic acids is 1. The Hall–Kier alpha value is -2.54. The van der Waals surface area contributed by atoms with E-state index in [4.69, 9.17) is 0 Å². The van der Waals surface area contributed by atoms with Crippen LogP contribution in [-0.4, -0.2) is 26.1 Å². The van der Waals surface area contributed by atoms with Gasteiger partial charge >= 0.3 is 0 Å². The van der Waals surface area contributed by atoms with Gasteiger partial charge in [0.25, 0.3) is 5.91 Å². The molecule has 6 nitrogen and oxygen atoms in total. The van der Waals surface area contributed by atoms with Gasteiger partial charge in [-0.25, -0.2) is 4.98 Å². The number of hydrogen-bond donors (Lipinski definition) is 2. The van der Waals surface area contributed by atoms with Gasteiger partial charge in [-0.15, -0.1) is 16.4 Å². The van der Waals surface area contributed by atoms with Gasteiger partial charge in [0.1, 0.15) is 5.69 Å². The maximum Gasteiger partial charge on any atom is 0.277 e. The molecule has 0 saturated heterocycles. The van der Waals surface area contributed by atoms with Crippen LogP contribution in [0.4, 0.5) is 5.95 Å². The first-order valence-corrected chi connectivity index (χ1v) is 7.23. The normalized spacial score (nSPS) is 10.6. The zero-order valence-corrected chi connectivity index (χ0v) is 12.4. The molecule has 3 aromatic rings. The number of nitrogens with zero attached hydrogens (tertiary/aromatic N) is 3. The van der Waals surface area contributed by atoms with E-state index in [-0.39, 0.29) is 11.9 Å². The maximum atomic E-state index is 12.0. The van der Waals surface area contributed by atoms with Gasteiger partial charge in [0.05, 0.1) is 5.01 Å². The van der Waals surface area contributed by atoms with E-state index in [2.05, 4.69) is 25.5 Å². The van der Waals surface area contributed by atoms with E-state index in [0.29, 0.717) is 11.5 Å². The van der Waals surface area contributed by atoms with Crippen LogP contribution in [0.5, 0.6) is 0 Å². The Kier molecular flexibility index (Phi) is 3.49.